The standard InChI is InChI=1S/C15H23N3/c16-13-3-1-12(2-4-13)7-9-17-14-8-10-18(11-14)15-5-6-15/h1-4,14-15,17H,5-11,16H2. The number of nitrogens with zero attached hydrogens (tertiary/aromatic N) is 1. The molecule has 1 heterocycles. The van der Waals surface area contributed by atoms with Crippen molar-refractivity contribution in [3.05, 3.63) is 29.8 Å². The molecule has 1 aromatic carbocycles. The van der Waals surface area contributed by atoms with Crippen LogP contribution < -0.4 is 11.1 Å². The normalized spacial score (nSPS) is 24.6. The molecule has 1 aliphatic carbocycles. The van der Waals surface area contributed by atoms with Gasteiger partial charge in [0.1, 0.15) is 0 Å². The van der Waals surface area contributed by atoms with Crippen LogP contribution in [0, 0.1) is 0 Å². The van der Waals surface area contributed by atoms with E-state index in [2.05, 4.69) is 22.3 Å². The van der Waals surface area contributed by atoms with Crippen LogP contribution in [-0.4, -0.2) is 36.6 Å². The molecule has 3 rings (SSSR count). The fraction of sp³-hybridized carbons (Fsp3) is 0.600. The summed E-state index contributed by atoms with van der Waals surface area (Å²) < 4.78 is 0. The number of anilines is 1. The Kier molecular flexibility index (Phi) is 3.52. The lowest BCUT2D eigenvalue weighted by atomic mass is 10.1. The Labute approximate surface area is 109 Å². The third kappa shape index (κ3) is 3.03. The minimum absolute atomic E-state index is 0.708. The summed E-state index contributed by atoms with van der Waals surface area (Å²) in [6, 6.07) is 9.86. The zero-order valence-corrected chi connectivity index (χ0v) is 10.9. The first-order valence-corrected chi connectivity index (χ1v) is 7.13. The molecule has 0 spiro atoms. The van der Waals surface area contributed by atoms with Crippen LogP contribution >= 0.6 is 0 Å². The van der Waals surface area contributed by atoms with Gasteiger partial charge in [-0.05, 0) is 49.9 Å². The van der Waals surface area contributed by atoms with Crippen LogP contribution in [0.1, 0.15) is 24.8 Å². The highest BCUT2D eigenvalue weighted by molar-refractivity contribution is 5.39. The number of hydrogen-bond acceptors (Lipinski definition) is 3. The molecule has 1 saturated carbocycles. The zero-order valence-electron chi connectivity index (χ0n) is 10.9. The lowest BCUT2D eigenvalue weighted by molar-refractivity contribution is 0.318. The van der Waals surface area contributed by atoms with Gasteiger partial charge in [-0.1, -0.05) is 12.1 Å². The van der Waals surface area contributed by atoms with Crippen molar-refractivity contribution < 1.29 is 0 Å². The van der Waals surface area contributed by atoms with Gasteiger partial charge in [-0.25, -0.2) is 0 Å². The minimum atomic E-state index is 0.708. The van der Waals surface area contributed by atoms with Gasteiger partial charge in [0, 0.05) is 30.9 Å². The van der Waals surface area contributed by atoms with E-state index in [1.807, 2.05) is 12.1 Å². The number of likely N-dealkylation sites (tertiary alicyclic amines) is 1. The van der Waals surface area contributed by atoms with Gasteiger partial charge in [0.05, 0.1) is 0 Å². The van der Waals surface area contributed by atoms with Gasteiger partial charge in [-0.3, -0.25) is 4.90 Å². The van der Waals surface area contributed by atoms with Crippen molar-refractivity contribution in [2.24, 2.45) is 0 Å². The van der Waals surface area contributed by atoms with Crippen molar-refractivity contribution in [3.63, 3.8) is 0 Å². The van der Waals surface area contributed by atoms with Crippen molar-refractivity contribution in [2.45, 2.75) is 37.8 Å². The van der Waals surface area contributed by atoms with E-state index in [-0.39, 0.29) is 0 Å². The molecule has 3 nitrogen and oxygen atoms in total. The topological polar surface area (TPSA) is 41.3 Å². The summed E-state index contributed by atoms with van der Waals surface area (Å²) in [4.78, 5) is 2.65. The van der Waals surface area contributed by atoms with Gasteiger partial charge < -0.3 is 11.1 Å². The highest BCUT2D eigenvalue weighted by Gasteiger charge is 2.33. The largest absolute Gasteiger partial charge is 0.399 e. The Hall–Kier alpha value is -1.06. The van der Waals surface area contributed by atoms with E-state index in [1.165, 1.54) is 37.9 Å². The van der Waals surface area contributed by atoms with E-state index in [0.29, 0.717) is 6.04 Å². The maximum Gasteiger partial charge on any atom is 0.0314 e. The number of hydrogen-bond donors (Lipinski definition) is 2. The second-order valence-electron chi connectivity index (χ2n) is 5.66. The molecule has 98 valence electrons. The molecular weight excluding hydrogens is 222 g/mol. The number of benzene rings is 1. The predicted molar refractivity (Wildman–Crippen MR) is 75.6 cm³/mol. The van der Waals surface area contributed by atoms with Gasteiger partial charge in [-0.15, -0.1) is 0 Å². The molecule has 0 amide bonds. The van der Waals surface area contributed by atoms with Crippen molar-refractivity contribution in [3.8, 4) is 0 Å². The molecule has 3 heteroatoms. The Balaban J connectivity index is 1.38. The number of nitrogens with two attached hydrogens (primary N) is 1. The summed E-state index contributed by atoms with van der Waals surface area (Å²) in [5.74, 6) is 0. The molecule has 1 aliphatic heterocycles. The van der Waals surface area contributed by atoms with Gasteiger partial charge in [-0.2, -0.15) is 0 Å². The van der Waals surface area contributed by atoms with E-state index in [9.17, 15) is 0 Å². The Bertz CT molecular complexity index is 383. The summed E-state index contributed by atoms with van der Waals surface area (Å²) in [6.07, 6.45) is 5.27. The summed E-state index contributed by atoms with van der Waals surface area (Å²) in [6.45, 7) is 3.63. The molecular formula is C15H23N3. The van der Waals surface area contributed by atoms with Crippen molar-refractivity contribution >= 4 is 5.69 Å². The maximum atomic E-state index is 5.68. The summed E-state index contributed by atoms with van der Waals surface area (Å²) in [5.41, 5.74) is 7.90. The lowest BCUT2D eigenvalue weighted by Gasteiger charge is -2.15. The molecule has 1 saturated heterocycles. The number of rotatable bonds is 5. The van der Waals surface area contributed by atoms with Crippen molar-refractivity contribution in [2.75, 3.05) is 25.4 Å². The average molecular weight is 245 g/mol. The second-order valence-corrected chi connectivity index (χ2v) is 5.66. The first kappa shape index (κ1) is 12.0. The second kappa shape index (κ2) is 5.29. The molecule has 1 aromatic rings. The Morgan fingerprint density at radius 2 is 1.94 bits per heavy atom. The van der Waals surface area contributed by atoms with E-state index >= 15 is 0 Å². The predicted octanol–water partition coefficient (Wildman–Crippen LogP) is 1.64. The van der Waals surface area contributed by atoms with Gasteiger partial charge >= 0.3 is 0 Å². The maximum absolute atomic E-state index is 5.68. The summed E-state index contributed by atoms with van der Waals surface area (Å²) in [7, 11) is 0. The van der Waals surface area contributed by atoms with E-state index in [1.54, 1.807) is 0 Å². The van der Waals surface area contributed by atoms with Gasteiger partial charge in [0.25, 0.3) is 0 Å². The third-order valence-electron chi connectivity index (χ3n) is 4.11. The van der Waals surface area contributed by atoms with Crippen molar-refractivity contribution in [1.29, 1.82) is 0 Å². The van der Waals surface area contributed by atoms with Crippen LogP contribution in [0.25, 0.3) is 0 Å². The van der Waals surface area contributed by atoms with Gasteiger partial charge in [0.15, 0.2) is 0 Å². The SMILES string of the molecule is Nc1ccc(CCNC2CCN(C3CC3)C2)cc1. The lowest BCUT2D eigenvalue weighted by Crippen LogP contribution is -2.34. The van der Waals surface area contributed by atoms with Crippen LogP contribution in [0.3, 0.4) is 0 Å². The monoisotopic (exact) mass is 245 g/mol. The quantitative estimate of drug-likeness (QED) is 0.775. The third-order valence-corrected chi connectivity index (χ3v) is 4.11. The molecule has 1 unspecified atom stereocenters. The fourth-order valence-corrected chi connectivity index (χ4v) is 2.83. The first-order valence-electron chi connectivity index (χ1n) is 7.13. The van der Waals surface area contributed by atoms with E-state index < -0.39 is 0 Å². The van der Waals surface area contributed by atoms with Crippen LogP contribution in [0.4, 0.5) is 5.69 Å². The van der Waals surface area contributed by atoms with Crippen LogP contribution in [0.15, 0.2) is 24.3 Å². The highest BCUT2D eigenvalue weighted by Crippen LogP contribution is 2.29. The van der Waals surface area contributed by atoms with Crippen LogP contribution in [0.5, 0.6) is 0 Å². The molecule has 0 aromatic heterocycles. The van der Waals surface area contributed by atoms with E-state index in [4.69, 9.17) is 5.73 Å². The highest BCUT2D eigenvalue weighted by atomic mass is 15.2. The average Bonchev–Trinajstić information content (AvgIpc) is 3.12. The smallest absolute Gasteiger partial charge is 0.0314 e. The van der Waals surface area contributed by atoms with E-state index in [0.717, 1.165) is 24.7 Å². The molecule has 1 atom stereocenters. The molecule has 0 bridgehead atoms. The summed E-state index contributed by atoms with van der Waals surface area (Å²) in [5, 5.41) is 3.68. The van der Waals surface area contributed by atoms with Crippen LogP contribution in [-0.2, 0) is 6.42 Å². The number of nitrogens with one attached hydrogen (secondary N) is 1. The summed E-state index contributed by atoms with van der Waals surface area (Å²) >= 11 is 0. The first-order chi connectivity index (χ1) is 8.81. The molecule has 2 fully saturated rings. The van der Waals surface area contributed by atoms with Crippen LogP contribution in [0.2, 0.25) is 0 Å². The Morgan fingerprint density at radius 1 is 1.17 bits per heavy atom. The Morgan fingerprint density at radius 3 is 2.67 bits per heavy atom. The number of nitrogen functional groups attached to an aromatic ring is 1. The molecule has 2 aliphatic rings. The molecule has 3 N–H and O–H groups in total. The minimum Gasteiger partial charge on any atom is -0.399 e. The van der Waals surface area contributed by atoms with Crippen molar-refractivity contribution in [1.82, 2.24) is 10.2 Å². The zero-order chi connectivity index (χ0) is 12.4. The fourth-order valence-electron chi connectivity index (χ4n) is 2.83. The van der Waals surface area contributed by atoms with Gasteiger partial charge in [0.2, 0.25) is 0 Å². The molecule has 18 heavy (non-hydrogen) atoms. The molecule has 0 radical (unpaired) electrons.